The minimum atomic E-state index is -4.96. The molecule has 100 heavy (non-hydrogen) atoms. The van der Waals surface area contributed by atoms with Crippen LogP contribution >= 0.6 is 15.6 Å². The molecule has 17 nitrogen and oxygen atoms in total. The maximum absolute atomic E-state index is 13.1. The Morgan fingerprint density at radius 2 is 0.510 bits per heavy atom. The first-order valence-corrected chi connectivity index (χ1v) is 44.9. The molecule has 0 bridgehead atoms. The van der Waals surface area contributed by atoms with Gasteiger partial charge in [-0.05, 0) is 43.4 Å². The second-order valence-corrected chi connectivity index (χ2v) is 33.3. The van der Waals surface area contributed by atoms with Gasteiger partial charge in [0.25, 0.3) is 0 Å². The van der Waals surface area contributed by atoms with E-state index in [1.807, 2.05) is 0 Å². The fourth-order valence-electron chi connectivity index (χ4n) is 12.5. The number of aliphatic hydroxyl groups is 1. The van der Waals surface area contributed by atoms with E-state index in [4.69, 9.17) is 37.0 Å². The summed E-state index contributed by atoms with van der Waals surface area (Å²) in [4.78, 5) is 73.0. The summed E-state index contributed by atoms with van der Waals surface area (Å²) in [6, 6.07) is 0. The average Bonchev–Trinajstić information content (AvgIpc) is 0.932. The van der Waals surface area contributed by atoms with Crippen LogP contribution < -0.4 is 0 Å². The largest absolute Gasteiger partial charge is 0.472 e. The first-order valence-electron chi connectivity index (χ1n) is 41.9. The molecule has 0 saturated carbocycles. The van der Waals surface area contributed by atoms with Crippen molar-refractivity contribution in [1.82, 2.24) is 0 Å². The Morgan fingerprint density at radius 1 is 0.290 bits per heavy atom. The minimum Gasteiger partial charge on any atom is -0.462 e. The molecule has 0 aromatic carbocycles. The highest BCUT2D eigenvalue weighted by Gasteiger charge is 2.30. The number of unbranched alkanes of at least 4 members (excludes halogenated alkanes) is 46. The van der Waals surface area contributed by atoms with Crippen LogP contribution in [0.5, 0.6) is 0 Å². The topological polar surface area (TPSA) is 237 Å². The Kier molecular flexibility index (Phi) is 69.9. The Morgan fingerprint density at radius 3 is 0.760 bits per heavy atom. The van der Waals surface area contributed by atoms with Crippen molar-refractivity contribution >= 4 is 39.5 Å². The van der Waals surface area contributed by atoms with Crippen molar-refractivity contribution in [2.45, 2.75) is 439 Å². The zero-order valence-electron chi connectivity index (χ0n) is 65.7. The molecule has 0 spiro atoms. The molecule has 0 fully saturated rings. The van der Waals surface area contributed by atoms with Crippen molar-refractivity contribution in [3.63, 3.8) is 0 Å². The molecule has 0 saturated heterocycles. The van der Waals surface area contributed by atoms with E-state index in [1.165, 1.54) is 231 Å². The van der Waals surface area contributed by atoms with Crippen LogP contribution in [0.1, 0.15) is 421 Å². The van der Waals surface area contributed by atoms with Gasteiger partial charge in [-0.2, -0.15) is 0 Å². The third-order valence-electron chi connectivity index (χ3n) is 19.2. The molecule has 0 aromatic rings. The normalized spacial score (nSPS) is 14.2. The maximum atomic E-state index is 13.1. The molecule has 0 aliphatic heterocycles. The summed E-state index contributed by atoms with van der Waals surface area (Å²) in [7, 11) is -9.92. The van der Waals surface area contributed by atoms with Gasteiger partial charge >= 0.3 is 39.5 Å². The molecule has 0 rings (SSSR count). The summed E-state index contributed by atoms with van der Waals surface area (Å²) < 4.78 is 68.7. The molecular formula is C81H158O17P2. The number of hydrogen-bond acceptors (Lipinski definition) is 15. The zero-order chi connectivity index (χ0) is 73.7. The van der Waals surface area contributed by atoms with E-state index in [1.54, 1.807) is 0 Å². The molecule has 0 aliphatic rings. The highest BCUT2D eigenvalue weighted by Crippen LogP contribution is 2.45. The number of carbonyl (C=O) groups is 4. The first-order chi connectivity index (χ1) is 48.3. The standard InChI is InChI=1S/C81H158O17P2/c1-8-10-11-12-13-14-34-41-48-55-62-78(83)91-68-76(97-81(86)65-58-51-44-37-30-24-18-20-26-32-39-46-53-60-73(5)6)70-95-99(87,88)93-66-75(82)67-94-100(89,90)96-71-77(69-92-79(84)63-56-49-42-35-28-23-17-19-25-31-38-45-52-59-72(3)4)98-80(85)64-57-50-43-36-29-22-16-15-21-27-33-40-47-54-61-74(7)9-2/h72-77,82H,8-71H2,1-7H3,(H,87,88)(H,89,90)/t74?,75-,76+,77+/m0/s1. The number of ether oxygens (including phenoxy) is 4. The van der Waals surface area contributed by atoms with Gasteiger partial charge in [-0.1, -0.05) is 370 Å². The number of phosphoric ester groups is 2. The van der Waals surface area contributed by atoms with Gasteiger partial charge in [0.05, 0.1) is 26.4 Å². The van der Waals surface area contributed by atoms with Gasteiger partial charge in [-0.15, -0.1) is 0 Å². The monoisotopic (exact) mass is 1470 g/mol. The third-order valence-corrected chi connectivity index (χ3v) is 21.1. The summed E-state index contributed by atoms with van der Waals surface area (Å²) in [6.45, 7) is 12.0. The lowest BCUT2D eigenvalue weighted by molar-refractivity contribution is -0.161. The van der Waals surface area contributed by atoms with Crippen molar-refractivity contribution in [2.24, 2.45) is 17.8 Å². The second-order valence-electron chi connectivity index (χ2n) is 30.4. The second kappa shape index (κ2) is 71.3. The fourth-order valence-corrected chi connectivity index (χ4v) is 14.0. The van der Waals surface area contributed by atoms with Gasteiger partial charge in [0.15, 0.2) is 12.2 Å². The molecule has 594 valence electrons. The summed E-state index contributed by atoms with van der Waals surface area (Å²) in [5, 5.41) is 10.6. The van der Waals surface area contributed by atoms with Crippen LogP contribution in [0.2, 0.25) is 0 Å². The molecule has 0 aliphatic carbocycles. The smallest absolute Gasteiger partial charge is 0.462 e. The quantitative estimate of drug-likeness (QED) is 0.0222. The van der Waals surface area contributed by atoms with Crippen molar-refractivity contribution in [1.29, 1.82) is 0 Å². The number of esters is 4. The highest BCUT2D eigenvalue weighted by molar-refractivity contribution is 7.47. The van der Waals surface area contributed by atoms with Crippen molar-refractivity contribution in [2.75, 3.05) is 39.6 Å². The van der Waals surface area contributed by atoms with Gasteiger partial charge in [0.1, 0.15) is 19.3 Å². The Hall–Kier alpha value is -1.94. The lowest BCUT2D eigenvalue weighted by atomic mass is 9.99. The van der Waals surface area contributed by atoms with Gasteiger partial charge in [-0.3, -0.25) is 37.3 Å². The maximum Gasteiger partial charge on any atom is 0.472 e. The lowest BCUT2D eigenvalue weighted by Gasteiger charge is -2.21. The van der Waals surface area contributed by atoms with Crippen LogP contribution in [0.3, 0.4) is 0 Å². The first kappa shape index (κ1) is 98.1. The zero-order valence-corrected chi connectivity index (χ0v) is 67.5. The van der Waals surface area contributed by atoms with Crippen LogP contribution in [0.15, 0.2) is 0 Å². The highest BCUT2D eigenvalue weighted by atomic mass is 31.2. The summed E-state index contributed by atoms with van der Waals surface area (Å²) in [5.74, 6) is 0.314. The summed E-state index contributed by atoms with van der Waals surface area (Å²) in [6.07, 6.45) is 59.5. The van der Waals surface area contributed by atoms with Crippen LogP contribution in [0.4, 0.5) is 0 Å². The van der Waals surface area contributed by atoms with E-state index in [-0.39, 0.29) is 25.7 Å². The molecule has 0 aromatic heterocycles. The number of carbonyl (C=O) groups excluding carboxylic acids is 4. The Balaban J connectivity index is 5.25. The van der Waals surface area contributed by atoms with Crippen molar-refractivity contribution in [3.8, 4) is 0 Å². The fraction of sp³-hybridized carbons (Fsp3) is 0.951. The lowest BCUT2D eigenvalue weighted by Crippen LogP contribution is -2.30. The van der Waals surface area contributed by atoms with E-state index >= 15 is 0 Å². The van der Waals surface area contributed by atoms with Gasteiger partial charge < -0.3 is 33.8 Å². The minimum absolute atomic E-state index is 0.107. The summed E-state index contributed by atoms with van der Waals surface area (Å²) >= 11 is 0. The van der Waals surface area contributed by atoms with E-state index < -0.39 is 97.5 Å². The molecule has 6 atom stereocenters. The van der Waals surface area contributed by atoms with E-state index in [0.29, 0.717) is 25.7 Å². The van der Waals surface area contributed by atoms with Gasteiger partial charge in [0.2, 0.25) is 0 Å². The number of hydrogen-bond donors (Lipinski definition) is 3. The molecular weight excluding hydrogens is 1310 g/mol. The third kappa shape index (κ3) is 73.0. The predicted octanol–water partition coefficient (Wildman–Crippen LogP) is 24.1. The number of phosphoric acid groups is 2. The van der Waals surface area contributed by atoms with Crippen molar-refractivity contribution < 1.29 is 80.2 Å². The van der Waals surface area contributed by atoms with Crippen LogP contribution in [0, 0.1) is 17.8 Å². The Labute approximate surface area is 613 Å². The van der Waals surface area contributed by atoms with Crippen molar-refractivity contribution in [3.05, 3.63) is 0 Å². The molecule has 0 amide bonds. The number of aliphatic hydroxyl groups excluding tert-OH is 1. The summed E-state index contributed by atoms with van der Waals surface area (Å²) in [5.41, 5.74) is 0. The number of rotatable bonds is 79. The van der Waals surface area contributed by atoms with Crippen LogP contribution in [-0.4, -0.2) is 96.7 Å². The van der Waals surface area contributed by atoms with Gasteiger partial charge in [0, 0.05) is 25.7 Å². The predicted molar refractivity (Wildman–Crippen MR) is 409 cm³/mol. The van der Waals surface area contributed by atoms with E-state index in [2.05, 4.69) is 48.5 Å². The molecule has 3 unspecified atom stereocenters. The van der Waals surface area contributed by atoms with E-state index in [0.717, 1.165) is 108 Å². The van der Waals surface area contributed by atoms with Crippen LogP contribution in [-0.2, 0) is 65.4 Å². The van der Waals surface area contributed by atoms with Crippen LogP contribution in [0.25, 0.3) is 0 Å². The molecule has 0 heterocycles. The Bertz CT molecular complexity index is 1940. The van der Waals surface area contributed by atoms with E-state index in [9.17, 15) is 43.2 Å². The average molecular weight is 1470 g/mol. The van der Waals surface area contributed by atoms with Gasteiger partial charge in [-0.25, -0.2) is 9.13 Å². The molecule has 3 N–H and O–H groups in total. The SMILES string of the molecule is CCCCCCCCCCCCC(=O)OC[C@H](COP(=O)(O)OC[C@H](O)COP(=O)(O)OC[C@@H](COC(=O)CCCCCCCCCCCCCCCC(C)C)OC(=O)CCCCCCCCCCCCCCCCC(C)CC)OC(=O)CCCCCCCCCCCCCCCC(C)C. The molecule has 0 radical (unpaired) electrons. The molecule has 19 heteroatoms.